The van der Waals surface area contributed by atoms with Crippen molar-refractivity contribution in [2.45, 2.75) is 38.1 Å². The van der Waals surface area contributed by atoms with Gasteiger partial charge in [-0.15, -0.1) is 10.2 Å². The maximum atomic E-state index is 12.6. The lowest BCUT2D eigenvalue weighted by molar-refractivity contribution is 0.102. The van der Waals surface area contributed by atoms with E-state index < -0.39 is 5.91 Å². The number of carbonyl (C=O) groups excluding carboxylic acids is 1. The molecule has 146 valence electrons. The number of carbonyl (C=O) groups is 1. The van der Waals surface area contributed by atoms with Gasteiger partial charge in [0, 0.05) is 12.2 Å². The van der Waals surface area contributed by atoms with Gasteiger partial charge in [-0.05, 0) is 18.4 Å². The summed E-state index contributed by atoms with van der Waals surface area (Å²) < 4.78 is 0. The minimum Gasteiger partial charge on any atom is -0.295 e. The van der Waals surface area contributed by atoms with Crippen molar-refractivity contribution in [1.82, 2.24) is 20.2 Å². The first-order valence-electron chi connectivity index (χ1n) is 8.75. The number of rotatable bonds is 7. The molecule has 0 fully saturated rings. The Labute approximate surface area is 177 Å². The zero-order valence-corrected chi connectivity index (χ0v) is 18.2. The minimum absolute atomic E-state index is 0.129. The Hall–Kier alpha value is -2.03. The maximum absolute atomic E-state index is 12.6. The summed E-state index contributed by atoms with van der Waals surface area (Å²) >= 11 is 8.95. The molecule has 0 bridgehead atoms. The highest BCUT2D eigenvalue weighted by atomic mass is 35.5. The number of aryl methyl sites for hydroxylation is 1. The van der Waals surface area contributed by atoms with Crippen LogP contribution >= 0.6 is 34.7 Å². The highest BCUT2D eigenvalue weighted by Gasteiger charge is 2.17. The van der Waals surface area contributed by atoms with Gasteiger partial charge in [-0.3, -0.25) is 10.1 Å². The molecule has 0 atom stereocenters. The highest BCUT2D eigenvalue weighted by Crippen LogP contribution is 2.24. The number of benzene rings is 1. The molecule has 0 saturated heterocycles. The Balaban J connectivity index is 1.68. The first-order valence-corrected chi connectivity index (χ1v) is 10.9. The third-order valence-electron chi connectivity index (χ3n) is 3.66. The number of aromatic nitrogens is 4. The highest BCUT2D eigenvalue weighted by molar-refractivity contribution is 7.98. The van der Waals surface area contributed by atoms with Gasteiger partial charge in [0.2, 0.25) is 5.13 Å². The van der Waals surface area contributed by atoms with Gasteiger partial charge in [0.25, 0.3) is 5.91 Å². The molecule has 2 heterocycles. The maximum Gasteiger partial charge on any atom is 0.277 e. The summed E-state index contributed by atoms with van der Waals surface area (Å²) in [6.45, 7) is 6.27. The first-order chi connectivity index (χ1) is 13.4. The summed E-state index contributed by atoms with van der Waals surface area (Å²) in [6, 6.07) is 8.23. The smallest absolute Gasteiger partial charge is 0.277 e. The zero-order chi connectivity index (χ0) is 20.1. The number of amides is 1. The molecule has 6 nitrogen and oxygen atoms in total. The first kappa shape index (κ1) is 20.7. The van der Waals surface area contributed by atoms with Crippen LogP contribution in [0.1, 0.15) is 40.5 Å². The molecule has 3 rings (SSSR count). The molecule has 3 aromatic rings. The van der Waals surface area contributed by atoms with Crippen LogP contribution in [-0.2, 0) is 12.2 Å². The van der Waals surface area contributed by atoms with Gasteiger partial charge < -0.3 is 0 Å². The lowest BCUT2D eigenvalue weighted by Crippen LogP contribution is -2.15. The Morgan fingerprint density at radius 3 is 2.89 bits per heavy atom. The van der Waals surface area contributed by atoms with E-state index in [4.69, 9.17) is 11.6 Å². The fourth-order valence-corrected chi connectivity index (χ4v) is 4.30. The van der Waals surface area contributed by atoms with Gasteiger partial charge in [-0.25, -0.2) is 9.97 Å². The molecule has 0 radical (unpaired) electrons. The van der Waals surface area contributed by atoms with Crippen LogP contribution in [0.2, 0.25) is 5.02 Å². The van der Waals surface area contributed by atoms with Crippen LogP contribution < -0.4 is 5.32 Å². The largest absolute Gasteiger partial charge is 0.295 e. The number of hydrogen-bond acceptors (Lipinski definition) is 7. The number of anilines is 1. The second kappa shape index (κ2) is 9.45. The van der Waals surface area contributed by atoms with Crippen molar-refractivity contribution < 1.29 is 4.79 Å². The van der Waals surface area contributed by atoms with Crippen LogP contribution in [0.5, 0.6) is 0 Å². The topological polar surface area (TPSA) is 80.7 Å². The molecular weight excluding hydrogens is 414 g/mol. The van der Waals surface area contributed by atoms with Gasteiger partial charge in [0.1, 0.15) is 5.01 Å². The minimum atomic E-state index is -0.419. The van der Waals surface area contributed by atoms with E-state index in [1.54, 1.807) is 0 Å². The van der Waals surface area contributed by atoms with Gasteiger partial charge in [-0.1, -0.05) is 78.4 Å². The predicted molar refractivity (Wildman–Crippen MR) is 114 cm³/mol. The summed E-state index contributed by atoms with van der Waals surface area (Å²) in [6.07, 6.45) is 2.27. The molecule has 2 aromatic heterocycles. The van der Waals surface area contributed by atoms with E-state index in [9.17, 15) is 4.79 Å². The molecule has 0 aliphatic carbocycles. The summed E-state index contributed by atoms with van der Waals surface area (Å²) in [5.74, 6) is 0.761. The lowest BCUT2D eigenvalue weighted by atomic mass is 10.1. The third-order valence-corrected chi connectivity index (χ3v) is 5.73. The van der Waals surface area contributed by atoms with Gasteiger partial charge in [0.05, 0.1) is 11.2 Å². The fourth-order valence-electron chi connectivity index (χ4n) is 2.42. The monoisotopic (exact) mass is 433 g/mol. The van der Waals surface area contributed by atoms with E-state index in [1.807, 2.05) is 12.1 Å². The van der Waals surface area contributed by atoms with Crippen LogP contribution in [0, 0.1) is 12.8 Å². The summed E-state index contributed by atoms with van der Waals surface area (Å²) in [5, 5.41) is 12.8. The van der Waals surface area contributed by atoms with E-state index in [-0.39, 0.29) is 10.7 Å². The van der Waals surface area contributed by atoms with Crippen molar-refractivity contribution in [2.24, 2.45) is 5.92 Å². The normalized spacial score (nSPS) is 11.0. The van der Waals surface area contributed by atoms with Crippen molar-refractivity contribution in [3.63, 3.8) is 0 Å². The molecule has 9 heteroatoms. The molecule has 1 amide bonds. The molecule has 0 spiro atoms. The molecular formula is C19H20ClN5OS2. The SMILES string of the molecule is Cc1cccc(CSc2ncc(Cl)c(C(=O)Nc3nnc(CC(C)C)s3)n2)c1. The number of hydrogen-bond donors (Lipinski definition) is 1. The number of nitrogens with one attached hydrogen (secondary N) is 1. The quantitative estimate of drug-likeness (QED) is 0.415. The van der Waals surface area contributed by atoms with Gasteiger partial charge in [-0.2, -0.15) is 0 Å². The summed E-state index contributed by atoms with van der Waals surface area (Å²) in [4.78, 5) is 21.1. The van der Waals surface area contributed by atoms with Crippen LogP contribution in [0.3, 0.4) is 0 Å². The van der Waals surface area contributed by atoms with E-state index in [1.165, 1.54) is 40.4 Å². The van der Waals surface area contributed by atoms with Crippen molar-refractivity contribution >= 4 is 45.7 Å². The van der Waals surface area contributed by atoms with Gasteiger partial charge >= 0.3 is 0 Å². The average molecular weight is 434 g/mol. The number of nitrogens with zero attached hydrogens (tertiary/aromatic N) is 4. The summed E-state index contributed by atoms with van der Waals surface area (Å²) in [5.41, 5.74) is 2.49. The van der Waals surface area contributed by atoms with Crippen molar-refractivity contribution in [3.05, 3.63) is 57.3 Å². The summed E-state index contributed by atoms with van der Waals surface area (Å²) in [7, 11) is 0. The number of halogens is 1. The van der Waals surface area contributed by atoms with Crippen LogP contribution in [0.15, 0.2) is 35.6 Å². The van der Waals surface area contributed by atoms with Crippen molar-refractivity contribution in [3.8, 4) is 0 Å². The molecule has 0 aliphatic rings. The standard InChI is InChI=1S/C19H20ClN5OS2/c1-11(2)7-15-24-25-19(28-15)23-17(26)16-14(20)9-21-18(22-16)27-10-13-6-4-5-12(3)8-13/h4-6,8-9,11H,7,10H2,1-3H3,(H,23,25,26). The molecule has 0 unspecified atom stereocenters. The Kier molecular flexibility index (Phi) is 6.98. The zero-order valence-electron chi connectivity index (χ0n) is 15.8. The predicted octanol–water partition coefficient (Wildman–Crippen LogP) is 5.03. The Morgan fingerprint density at radius 1 is 1.32 bits per heavy atom. The van der Waals surface area contributed by atoms with Crippen molar-refractivity contribution in [2.75, 3.05) is 5.32 Å². The molecule has 0 aliphatic heterocycles. The van der Waals surface area contributed by atoms with E-state index >= 15 is 0 Å². The molecule has 1 aromatic carbocycles. The molecule has 0 saturated carbocycles. The van der Waals surface area contributed by atoms with Crippen LogP contribution in [0.4, 0.5) is 5.13 Å². The van der Waals surface area contributed by atoms with Crippen molar-refractivity contribution in [1.29, 1.82) is 0 Å². The second-order valence-corrected chi connectivity index (χ2v) is 9.09. The van der Waals surface area contributed by atoms with E-state index in [0.717, 1.165) is 11.4 Å². The van der Waals surface area contributed by atoms with Crippen LogP contribution in [-0.4, -0.2) is 26.1 Å². The molecule has 1 N–H and O–H groups in total. The van der Waals surface area contributed by atoms with E-state index in [2.05, 4.69) is 58.4 Å². The Bertz CT molecular complexity index is 976. The second-order valence-electron chi connectivity index (χ2n) is 6.68. The third kappa shape index (κ3) is 5.73. The number of thioether (sulfide) groups is 1. The van der Waals surface area contributed by atoms with Crippen LogP contribution in [0.25, 0.3) is 0 Å². The average Bonchev–Trinajstić information content (AvgIpc) is 3.07. The van der Waals surface area contributed by atoms with E-state index in [0.29, 0.717) is 22.0 Å². The Morgan fingerprint density at radius 2 is 2.14 bits per heavy atom. The lowest BCUT2D eigenvalue weighted by Gasteiger charge is -2.06. The van der Waals surface area contributed by atoms with Gasteiger partial charge in [0.15, 0.2) is 10.9 Å². The molecule has 28 heavy (non-hydrogen) atoms. The fraction of sp³-hybridized carbons (Fsp3) is 0.316.